The molecule has 1 aromatic carbocycles. The van der Waals surface area contributed by atoms with Gasteiger partial charge in [0.05, 0.1) is 6.61 Å². The van der Waals surface area contributed by atoms with Crippen LogP contribution in [0.15, 0.2) is 18.2 Å². The first kappa shape index (κ1) is 13.1. The van der Waals surface area contributed by atoms with Gasteiger partial charge in [0, 0.05) is 33.3 Å². The molecule has 3 rings (SSSR count). The number of hydrogen-bond acceptors (Lipinski definition) is 3. The number of methoxy groups -OCH3 is 1. The van der Waals surface area contributed by atoms with Gasteiger partial charge in [-0.05, 0) is 42.0 Å². The number of likely N-dealkylation sites (tertiary alicyclic amines) is 1. The smallest absolute Gasteiger partial charge is 0.0502 e. The number of piperidine rings is 1. The van der Waals surface area contributed by atoms with Gasteiger partial charge in [-0.15, -0.1) is 0 Å². The topological polar surface area (TPSA) is 24.5 Å². The van der Waals surface area contributed by atoms with Gasteiger partial charge in [0.15, 0.2) is 0 Å². The molecule has 1 aromatic rings. The minimum absolute atomic E-state index is 0.717. The zero-order chi connectivity index (χ0) is 13.1. The van der Waals surface area contributed by atoms with Crippen LogP contribution in [-0.2, 0) is 24.4 Å². The summed E-state index contributed by atoms with van der Waals surface area (Å²) in [6, 6.07) is 6.97. The second-order valence-corrected chi connectivity index (χ2v) is 5.91. The lowest BCUT2D eigenvalue weighted by Gasteiger charge is -2.32. The molecule has 2 heterocycles. The van der Waals surface area contributed by atoms with Crippen LogP contribution in [0.3, 0.4) is 0 Å². The van der Waals surface area contributed by atoms with Gasteiger partial charge in [0.1, 0.15) is 0 Å². The highest BCUT2D eigenvalue weighted by atomic mass is 16.5. The summed E-state index contributed by atoms with van der Waals surface area (Å²) in [4.78, 5) is 2.58. The number of ether oxygens (including phenoxy) is 1. The van der Waals surface area contributed by atoms with E-state index in [-0.39, 0.29) is 0 Å². The predicted octanol–water partition coefficient (Wildman–Crippen LogP) is 2.15. The number of fused-ring (bicyclic) bond motifs is 1. The third-order valence-electron chi connectivity index (χ3n) is 4.31. The Kier molecular flexibility index (Phi) is 4.16. The van der Waals surface area contributed by atoms with Crippen LogP contribution in [0.1, 0.15) is 29.5 Å². The fourth-order valence-electron chi connectivity index (χ4n) is 3.37. The van der Waals surface area contributed by atoms with Crippen molar-refractivity contribution in [1.29, 1.82) is 0 Å². The Morgan fingerprint density at radius 2 is 2.21 bits per heavy atom. The number of rotatable bonds is 4. The zero-order valence-corrected chi connectivity index (χ0v) is 11.8. The fraction of sp³-hybridized carbons (Fsp3) is 0.625. The highest BCUT2D eigenvalue weighted by Gasteiger charge is 2.20. The first-order valence-electron chi connectivity index (χ1n) is 7.38. The van der Waals surface area contributed by atoms with E-state index in [1.807, 2.05) is 7.11 Å². The Labute approximate surface area is 115 Å². The van der Waals surface area contributed by atoms with Gasteiger partial charge < -0.3 is 10.1 Å². The Morgan fingerprint density at radius 1 is 1.32 bits per heavy atom. The van der Waals surface area contributed by atoms with Gasteiger partial charge in [-0.25, -0.2) is 0 Å². The van der Waals surface area contributed by atoms with Crippen LogP contribution in [0.5, 0.6) is 0 Å². The van der Waals surface area contributed by atoms with Gasteiger partial charge in [-0.3, -0.25) is 4.90 Å². The van der Waals surface area contributed by atoms with Gasteiger partial charge in [-0.1, -0.05) is 18.2 Å². The molecule has 0 saturated carbocycles. The van der Waals surface area contributed by atoms with Crippen molar-refractivity contribution < 1.29 is 4.74 Å². The zero-order valence-electron chi connectivity index (χ0n) is 11.8. The van der Waals surface area contributed by atoms with Gasteiger partial charge >= 0.3 is 0 Å². The fourth-order valence-corrected chi connectivity index (χ4v) is 3.37. The highest BCUT2D eigenvalue weighted by molar-refractivity contribution is 5.34. The van der Waals surface area contributed by atoms with E-state index in [1.165, 1.54) is 42.6 Å². The number of hydrogen-bond donors (Lipinski definition) is 1. The molecule has 2 aliphatic rings. The molecule has 3 heteroatoms. The van der Waals surface area contributed by atoms with Crippen molar-refractivity contribution in [3.8, 4) is 0 Å². The third-order valence-corrected chi connectivity index (χ3v) is 4.31. The van der Waals surface area contributed by atoms with Crippen LogP contribution in [0, 0.1) is 5.92 Å². The summed E-state index contributed by atoms with van der Waals surface area (Å²) in [5, 5.41) is 3.41. The molecule has 1 unspecified atom stereocenters. The maximum absolute atomic E-state index is 5.31. The number of benzene rings is 1. The first-order chi connectivity index (χ1) is 9.35. The standard InChI is InChI=1S/C16H24N2O/c1-19-12-14-3-2-6-18(11-14)10-13-4-5-15-8-17-9-16(15)7-13/h4-5,7,14,17H,2-3,6,8-12H2,1H3. The molecule has 0 aromatic heterocycles. The van der Waals surface area contributed by atoms with Crippen LogP contribution in [0.2, 0.25) is 0 Å². The molecule has 1 saturated heterocycles. The molecular weight excluding hydrogens is 236 g/mol. The first-order valence-corrected chi connectivity index (χ1v) is 7.38. The van der Waals surface area contributed by atoms with Crippen molar-refractivity contribution >= 4 is 0 Å². The molecule has 1 atom stereocenters. The van der Waals surface area contributed by atoms with Crippen LogP contribution < -0.4 is 5.32 Å². The summed E-state index contributed by atoms with van der Waals surface area (Å²) < 4.78 is 5.31. The molecule has 19 heavy (non-hydrogen) atoms. The van der Waals surface area contributed by atoms with Crippen molar-refractivity contribution in [1.82, 2.24) is 10.2 Å². The summed E-state index contributed by atoms with van der Waals surface area (Å²) in [7, 11) is 1.81. The monoisotopic (exact) mass is 260 g/mol. The maximum Gasteiger partial charge on any atom is 0.0502 e. The summed E-state index contributed by atoms with van der Waals surface area (Å²) in [6.07, 6.45) is 2.62. The molecule has 0 aliphatic carbocycles. The molecule has 0 bridgehead atoms. The summed E-state index contributed by atoms with van der Waals surface area (Å²) in [6.45, 7) is 6.49. The molecule has 0 radical (unpaired) electrons. The van der Waals surface area contributed by atoms with Crippen molar-refractivity contribution in [2.75, 3.05) is 26.8 Å². The van der Waals surface area contributed by atoms with Crippen LogP contribution in [0.25, 0.3) is 0 Å². The molecule has 3 nitrogen and oxygen atoms in total. The van der Waals surface area contributed by atoms with Crippen molar-refractivity contribution in [3.63, 3.8) is 0 Å². The minimum atomic E-state index is 0.717. The van der Waals surface area contributed by atoms with E-state index >= 15 is 0 Å². The van der Waals surface area contributed by atoms with E-state index in [2.05, 4.69) is 28.4 Å². The van der Waals surface area contributed by atoms with E-state index in [0.717, 1.165) is 32.2 Å². The second-order valence-electron chi connectivity index (χ2n) is 5.91. The van der Waals surface area contributed by atoms with E-state index in [1.54, 1.807) is 0 Å². The highest BCUT2D eigenvalue weighted by Crippen LogP contribution is 2.21. The number of nitrogens with zero attached hydrogens (tertiary/aromatic N) is 1. The van der Waals surface area contributed by atoms with E-state index in [0.29, 0.717) is 0 Å². The lowest BCUT2D eigenvalue weighted by Crippen LogP contribution is -2.36. The average molecular weight is 260 g/mol. The predicted molar refractivity (Wildman–Crippen MR) is 76.9 cm³/mol. The molecular formula is C16H24N2O. The largest absolute Gasteiger partial charge is 0.384 e. The second kappa shape index (κ2) is 6.04. The van der Waals surface area contributed by atoms with Crippen molar-refractivity contribution in [2.24, 2.45) is 5.92 Å². The maximum atomic E-state index is 5.31. The Morgan fingerprint density at radius 3 is 3.11 bits per heavy atom. The minimum Gasteiger partial charge on any atom is -0.384 e. The normalized spacial score (nSPS) is 23.5. The van der Waals surface area contributed by atoms with E-state index in [4.69, 9.17) is 4.74 Å². The van der Waals surface area contributed by atoms with Crippen LogP contribution in [0.4, 0.5) is 0 Å². The average Bonchev–Trinajstić information content (AvgIpc) is 2.87. The lowest BCUT2D eigenvalue weighted by molar-refractivity contribution is 0.0874. The van der Waals surface area contributed by atoms with Crippen LogP contribution in [-0.4, -0.2) is 31.7 Å². The lowest BCUT2D eigenvalue weighted by atomic mass is 9.98. The molecule has 2 aliphatic heterocycles. The van der Waals surface area contributed by atoms with Crippen molar-refractivity contribution in [3.05, 3.63) is 34.9 Å². The van der Waals surface area contributed by atoms with E-state index in [9.17, 15) is 0 Å². The number of nitrogens with one attached hydrogen (secondary N) is 1. The summed E-state index contributed by atoms with van der Waals surface area (Å²) >= 11 is 0. The van der Waals surface area contributed by atoms with Gasteiger partial charge in [0.25, 0.3) is 0 Å². The molecule has 0 amide bonds. The summed E-state index contributed by atoms with van der Waals surface area (Å²) in [5.41, 5.74) is 4.42. The molecule has 104 valence electrons. The molecule has 1 fully saturated rings. The van der Waals surface area contributed by atoms with Gasteiger partial charge in [-0.2, -0.15) is 0 Å². The molecule has 0 spiro atoms. The Hall–Kier alpha value is -0.900. The third kappa shape index (κ3) is 3.16. The van der Waals surface area contributed by atoms with Gasteiger partial charge in [0.2, 0.25) is 0 Å². The summed E-state index contributed by atoms with van der Waals surface area (Å²) in [5.74, 6) is 0.717. The Balaban J connectivity index is 1.61. The Bertz CT molecular complexity index is 431. The van der Waals surface area contributed by atoms with Crippen LogP contribution >= 0.6 is 0 Å². The van der Waals surface area contributed by atoms with Crippen molar-refractivity contribution in [2.45, 2.75) is 32.5 Å². The molecule has 1 N–H and O–H groups in total. The van der Waals surface area contributed by atoms with E-state index < -0.39 is 0 Å². The SMILES string of the molecule is COCC1CCCN(Cc2ccc3c(c2)CNC3)C1. The quantitative estimate of drug-likeness (QED) is 0.898.